The van der Waals surface area contributed by atoms with E-state index in [9.17, 15) is 18.0 Å². The highest BCUT2D eigenvalue weighted by Crippen LogP contribution is 2.21. The van der Waals surface area contributed by atoms with Crippen LogP contribution in [0.25, 0.3) is 0 Å². The molecule has 150 valence electrons. The number of rotatable bonds is 6. The predicted octanol–water partition coefficient (Wildman–Crippen LogP) is 1.50. The number of likely N-dealkylation sites (tertiary alicyclic amines) is 1. The number of para-hydroxylation sites is 1. The van der Waals surface area contributed by atoms with E-state index >= 15 is 0 Å². The van der Waals surface area contributed by atoms with E-state index in [0.717, 1.165) is 16.1 Å². The quantitative estimate of drug-likeness (QED) is 0.785. The van der Waals surface area contributed by atoms with Crippen LogP contribution >= 0.6 is 0 Å². The van der Waals surface area contributed by atoms with E-state index < -0.39 is 10.0 Å². The monoisotopic (exact) mass is 397 g/mol. The molecule has 8 nitrogen and oxygen atoms in total. The van der Waals surface area contributed by atoms with Gasteiger partial charge in [-0.15, -0.1) is 0 Å². The van der Waals surface area contributed by atoms with E-state index in [2.05, 4.69) is 5.32 Å². The second kappa shape index (κ2) is 9.07. The Balaban J connectivity index is 1.96. The zero-order valence-corrected chi connectivity index (χ0v) is 16.8. The van der Waals surface area contributed by atoms with Gasteiger partial charge < -0.3 is 15.0 Å². The van der Waals surface area contributed by atoms with Gasteiger partial charge in [-0.2, -0.15) is 0 Å². The van der Waals surface area contributed by atoms with Gasteiger partial charge in [0.15, 0.2) is 0 Å². The largest absolute Gasteiger partial charge is 0.450 e. The molecule has 1 aliphatic rings. The number of nitrogens with one attached hydrogen (secondary N) is 1. The summed E-state index contributed by atoms with van der Waals surface area (Å²) in [6, 6.07) is 6.94. The van der Waals surface area contributed by atoms with Crippen molar-refractivity contribution in [1.82, 2.24) is 10.2 Å². The lowest BCUT2D eigenvalue weighted by Gasteiger charge is -2.32. The maximum absolute atomic E-state index is 12.4. The Kier molecular flexibility index (Phi) is 7.06. The predicted molar refractivity (Wildman–Crippen MR) is 103 cm³/mol. The van der Waals surface area contributed by atoms with Crippen molar-refractivity contribution < 1.29 is 22.7 Å². The Morgan fingerprint density at radius 2 is 1.89 bits per heavy atom. The molecule has 0 unspecified atom stereocenters. The summed E-state index contributed by atoms with van der Waals surface area (Å²) in [6.45, 7) is 4.61. The van der Waals surface area contributed by atoms with Crippen LogP contribution in [0.2, 0.25) is 0 Å². The molecular weight excluding hydrogens is 370 g/mol. The van der Waals surface area contributed by atoms with Gasteiger partial charge in [0.1, 0.15) is 6.54 Å². The number of carbonyl (C=O) groups is 2. The van der Waals surface area contributed by atoms with Crippen LogP contribution in [0.4, 0.5) is 10.5 Å². The number of carbonyl (C=O) groups excluding carboxylic acids is 2. The maximum Gasteiger partial charge on any atom is 0.409 e. The number of hydrogen-bond acceptors (Lipinski definition) is 5. The molecule has 0 saturated carbocycles. The average Bonchev–Trinajstić information content (AvgIpc) is 2.60. The molecule has 0 aromatic heterocycles. The van der Waals surface area contributed by atoms with Crippen molar-refractivity contribution in [2.45, 2.75) is 32.7 Å². The Bertz CT molecular complexity index is 773. The molecule has 27 heavy (non-hydrogen) atoms. The molecule has 0 atom stereocenters. The van der Waals surface area contributed by atoms with Crippen LogP contribution in [0, 0.1) is 6.92 Å². The molecule has 1 heterocycles. The molecule has 0 aliphatic carbocycles. The molecule has 1 N–H and O–H groups in total. The van der Waals surface area contributed by atoms with Gasteiger partial charge in [-0.25, -0.2) is 13.2 Å². The number of aryl methyl sites for hydroxylation is 1. The van der Waals surface area contributed by atoms with Gasteiger partial charge >= 0.3 is 6.09 Å². The highest BCUT2D eigenvalue weighted by atomic mass is 32.2. The van der Waals surface area contributed by atoms with Crippen molar-refractivity contribution >= 4 is 27.7 Å². The van der Waals surface area contributed by atoms with Crippen LogP contribution in [0.3, 0.4) is 0 Å². The first-order chi connectivity index (χ1) is 12.7. The fourth-order valence-corrected chi connectivity index (χ4v) is 3.96. The molecule has 2 rings (SSSR count). The van der Waals surface area contributed by atoms with Crippen LogP contribution in [0.5, 0.6) is 0 Å². The highest BCUT2D eigenvalue weighted by molar-refractivity contribution is 7.92. The van der Waals surface area contributed by atoms with E-state index in [1.54, 1.807) is 36.9 Å². The minimum absolute atomic E-state index is 0.0959. The normalized spacial score (nSPS) is 15.3. The van der Waals surface area contributed by atoms with Crippen molar-refractivity contribution in [1.29, 1.82) is 0 Å². The lowest BCUT2D eigenvalue weighted by Crippen LogP contribution is -2.49. The molecule has 1 aromatic rings. The number of sulfonamides is 1. The van der Waals surface area contributed by atoms with Crippen LogP contribution in [-0.2, 0) is 19.6 Å². The molecule has 0 radical (unpaired) electrons. The summed E-state index contributed by atoms with van der Waals surface area (Å²) in [4.78, 5) is 25.8. The smallest absolute Gasteiger partial charge is 0.409 e. The first kappa shape index (κ1) is 21.0. The molecule has 0 spiro atoms. The van der Waals surface area contributed by atoms with Crippen molar-refractivity contribution in [2.24, 2.45) is 0 Å². The first-order valence-corrected chi connectivity index (χ1v) is 10.8. The SMILES string of the molecule is CCOC(=O)N1CCC(NC(=O)CN(c2ccccc2C)S(C)(=O)=O)CC1. The van der Waals surface area contributed by atoms with Gasteiger partial charge in [-0.1, -0.05) is 18.2 Å². The molecule has 1 aliphatic heterocycles. The van der Waals surface area contributed by atoms with E-state index in [1.807, 2.05) is 6.07 Å². The summed E-state index contributed by atoms with van der Waals surface area (Å²) in [5.74, 6) is -0.363. The number of piperidine rings is 1. The summed E-state index contributed by atoms with van der Waals surface area (Å²) in [5.41, 5.74) is 1.27. The number of hydrogen-bond donors (Lipinski definition) is 1. The zero-order valence-electron chi connectivity index (χ0n) is 16.0. The van der Waals surface area contributed by atoms with Crippen molar-refractivity contribution in [3.8, 4) is 0 Å². The average molecular weight is 397 g/mol. The van der Waals surface area contributed by atoms with Crippen LogP contribution in [0.1, 0.15) is 25.3 Å². The topological polar surface area (TPSA) is 96.0 Å². The summed E-state index contributed by atoms with van der Waals surface area (Å²) >= 11 is 0. The van der Waals surface area contributed by atoms with Gasteiger partial charge in [0, 0.05) is 19.1 Å². The maximum atomic E-state index is 12.4. The summed E-state index contributed by atoms with van der Waals surface area (Å²) < 4.78 is 30.4. The number of anilines is 1. The minimum Gasteiger partial charge on any atom is -0.450 e. The van der Waals surface area contributed by atoms with E-state index in [-0.39, 0.29) is 24.6 Å². The van der Waals surface area contributed by atoms with Gasteiger partial charge in [0.05, 0.1) is 18.6 Å². The van der Waals surface area contributed by atoms with E-state index in [0.29, 0.717) is 38.2 Å². The second-order valence-corrected chi connectivity index (χ2v) is 8.49. The summed E-state index contributed by atoms with van der Waals surface area (Å²) in [5, 5.41) is 2.88. The molecule has 1 fully saturated rings. The molecule has 0 bridgehead atoms. The molecule has 9 heteroatoms. The Labute approximate surface area is 160 Å². The molecule has 1 saturated heterocycles. The minimum atomic E-state index is -3.60. The fourth-order valence-electron chi connectivity index (χ4n) is 3.05. The third-order valence-corrected chi connectivity index (χ3v) is 5.58. The lowest BCUT2D eigenvalue weighted by atomic mass is 10.1. The molecular formula is C18H27N3O5S. The Morgan fingerprint density at radius 3 is 2.44 bits per heavy atom. The van der Waals surface area contributed by atoms with Gasteiger partial charge in [-0.3, -0.25) is 9.10 Å². The zero-order chi connectivity index (χ0) is 20.0. The number of amides is 2. The number of ether oxygens (including phenoxy) is 1. The number of benzene rings is 1. The Hall–Kier alpha value is -2.29. The van der Waals surface area contributed by atoms with Gasteiger partial charge in [0.2, 0.25) is 15.9 Å². The molecule has 1 aromatic carbocycles. The van der Waals surface area contributed by atoms with Crippen LogP contribution in [0.15, 0.2) is 24.3 Å². The van der Waals surface area contributed by atoms with E-state index in [1.165, 1.54) is 0 Å². The summed E-state index contributed by atoms with van der Waals surface area (Å²) in [7, 11) is -3.60. The van der Waals surface area contributed by atoms with Gasteiger partial charge in [0.25, 0.3) is 0 Å². The first-order valence-electron chi connectivity index (χ1n) is 8.96. The second-order valence-electron chi connectivity index (χ2n) is 6.58. The van der Waals surface area contributed by atoms with Gasteiger partial charge in [-0.05, 0) is 38.3 Å². The number of nitrogens with zero attached hydrogens (tertiary/aromatic N) is 2. The molecule has 2 amide bonds. The van der Waals surface area contributed by atoms with Crippen molar-refractivity contribution in [3.05, 3.63) is 29.8 Å². The summed E-state index contributed by atoms with van der Waals surface area (Å²) in [6.07, 6.45) is 1.96. The van der Waals surface area contributed by atoms with Crippen LogP contribution < -0.4 is 9.62 Å². The fraction of sp³-hybridized carbons (Fsp3) is 0.556. The highest BCUT2D eigenvalue weighted by Gasteiger charge is 2.27. The third-order valence-electron chi connectivity index (χ3n) is 4.46. The third kappa shape index (κ3) is 5.85. The van der Waals surface area contributed by atoms with Crippen molar-refractivity contribution in [3.63, 3.8) is 0 Å². The lowest BCUT2D eigenvalue weighted by molar-refractivity contribution is -0.120. The standard InChI is InChI=1S/C18H27N3O5S/c1-4-26-18(23)20-11-9-15(10-12-20)19-17(22)13-21(27(3,24)25)16-8-6-5-7-14(16)2/h5-8,15H,4,9-13H2,1-3H3,(H,19,22). The Morgan fingerprint density at radius 1 is 1.26 bits per heavy atom. The van der Waals surface area contributed by atoms with E-state index in [4.69, 9.17) is 4.74 Å². The van der Waals surface area contributed by atoms with Crippen molar-refractivity contribution in [2.75, 3.05) is 36.8 Å². The van der Waals surface area contributed by atoms with Crippen LogP contribution in [-0.4, -0.2) is 63.9 Å².